The molecule has 1 aliphatic rings. The molecule has 160 valence electrons. The third-order valence-electron chi connectivity index (χ3n) is 5.01. The average molecular weight is 498 g/mol. The quantitative estimate of drug-likeness (QED) is 0.283. The summed E-state index contributed by atoms with van der Waals surface area (Å²) in [5.74, 6) is -1.26. The number of sulfone groups is 1. The Morgan fingerprint density at radius 3 is 2.37 bits per heavy atom. The molecule has 0 amide bonds. The Bertz CT molecular complexity index is 1070. The highest BCUT2D eigenvalue weighted by molar-refractivity contribution is 9.10. The van der Waals surface area contributed by atoms with Crippen LogP contribution in [-0.2, 0) is 14.6 Å². The van der Waals surface area contributed by atoms with Crippen molar-refractivity contribution in [3.05, 3.63) is 52.8 Å². The number of halogens is 2. The summed E-state index contributed by atoms with van der Waals surface area (Å²) in [5.41, 5.74) is 1.31. The van der Waals surface area contributed by atoms with E-state index in [0.717, 1.165) is 11.9 Å². The summed E-state index contributed by atoms with van der Waals surface area (Å²) >= 11 is 3.07. The Labute approximate surface area is 182 Å². The van der Waals surface area contributed by atoms with Crippen LogP contribution in [0.25, 0.3) is 0 Å². The number of Topliss-reactive ketones (excluding diaryl/α,β-unsaturated/α-hetero) is 1. The molecule has 1 heterocycles. The predicted molar refractivity (Wildman–Crippen MR) is 116 cm³/mol. The molecule has 10 heteroatoms. The number of rotatable bonds is 5. The molecule has 0 spiro atoms. The largest absolute Gasteiger partial charge is 0.409 e. The van der Waals surface area contributed by atoms with Gasteiger partial charge in [0.15, 0.2) is 9.84 Å². The molecule has 1 aliphatic heterocycles. The highest BCUT2D eigenvalue weighted by atomic mass is 79.9. The Hall–Kier alpha value is -2.46. The second kappa shape index (κ2) is 9.13. The predicted octanol–water partition coefficient (Wildman–Crippen LogP) is 3.68. The Balaban J connectivity index is 1.61. The number of benzene rings is 2. The first-order valence-electron chi connectivity index (χ1n) is 9.22. The summed E-state index contributed by atoms with van der Waals surface area (Å²) in [4.78, 5) is 15.1. The van der Waals surface area contributed by atoms with Gasteiger partial charge in [0, 0.05) is 36.6 Å². The van der Waals surface area contributed by atoms with Crippen LogP contribution in [0, 0.1) is 11.7 Å². The van der Waals surface area contributed by atoms with Gasteiger partial charge in [0.2, 0.25) is 11.6 Å². The summed E-state index contributed by atoms with van der Waals surface area (Å²) in [7, 11) is -3.24. The first-order valence-corrected chi connectivity index (χ1v) is 11.9. The number of carbonyl (C=O) groups excluding carboxylic acids is 1. The zero-order chi connectivity index (χ0) is 21.9. The molecule has 0 atom stereocenters. The van der Waals surface area contributed by atoms with Crippen LogP contribution in [0.2, 0.25) is 0 Å². The molecule has 0 unspecified atom stereocenters. The smallest absolute Gasteiger partial charge is 0.213 e. The molecule has 3 rings (SSSR count). The Morgan fingerprint density at radius 1 is 1.20 bits per heavy atom. The molecular weight excluding hydrogens is 477 g/mol. The number of amidine groups is 1. The zero-order valence-electron chi connectivity index (χ0n) is 16.2. The number of nitrogens with zero attached hydrogens (tertiary/aromatic N) is 2. The van der Waals surface area contributed by atoms with Crippen LogP contribution in [0.15, 0.2) is 57.0 Å². The number of anilines is 2. The second-order valence-corrected chi connectivity index (χ2v) is 9.96. The van der Waals surface area contributed by atoms with E-state index in [2.05, 4.69) is 31.3 Å². The topological polar surface area (TPSA) is 99.1 Å². The number of carbonyl (C=O) groups is 1. The molecule has 2 aromatic rings. The maximum atomic E-state index is 13.4. The molecular formula is C20H21BrFN3O4S. The number of oxime groups is 1. The fourth-order valence-electron chi connectivity index (χ4n) is 3.34. The Kier molecular flexibility index (Phi) is 6.77. The van der Waals surface area contributed by atoms with Gasteiger partial charge in [-0.2, -0.15) is 0 Å². The first-order chi connectivity index (χ1) is 14.2. The SMILES string of the molecule is CS(=O)(=O)c1ccc(N2CCC(C(=O)/C(=N/O)Nc3ccc(F)c(Br)c3)CC2)cc1. The van der Waals surface area contributed by atoms with Crippen LogP contribution in [0.5, 0.6) is 0 Å². The lowest BCUT2D eigenvalue weighted by atomic mass is 9.91. The zero-order valence-corrected chi connectivity index (χ0v) is 18.6. The minimum atomic E-state index is -3.24. The fraction of sp³-hybridized carbons (Fsp3) is 0.300. The van der Waals surface area contributed by atoms with Gasteiger partial charge in [-0.3, -0.25) is 4.79 Å². The molecule has 0 saturated carbocycles. The van der Waals surface area contributed by atoms with Crippen LogP contribution in [0.3, 0.4) is 0 Å². The normalized spacial score (nSPS) is 15.8. The lowest BCUT2D eigenvalue weighted by Crippen LogP contribution is -2.40. The summed E-state index contributed by atoms with van der Waals surface area (Å²) < 4.78 is 36.8. The van der Waals surface area contributed by atoms with Crippen molar-refractivity contribution in [1.29, 1.82) is 0 Å². The van der Waals surface area contributed by atoms with Crippen LogP contribution in [0.1, 0.15) is 12.8 Å². The van der Waals surface area contributed by atoms with Gasteiger partial charge in [0.25, 0.3) is 0 Å². The van der Waals surface area contributed by atoms with Gasteiger partial charge in [-0.25, -0.2) is 12.8 Å². The van der Waals surface area contributed by atoms with E-state index < -0.39 is 15.7 Å². The van der Waals surface area contributed by atoms with E-state index in [9.17, 15) is 22.8 Å². The van der Waals surface area contributed by atoms with E-state index in [-0.39, 0.29) is 26.9 Å². The number of hydrogen-bond acceptors (Lipinski definition) is 6. The number of ketones is 1. The molecule has 1 fully saturated rings. The third kappa shape index (κ3) is 5.17. The monoisotopic (exact) mass is 497 g/mol. The molecule has 2 aromatic carbocycles. The van der Waals surface area contributed by atoms with Crippen molar-refractivity contribution in [3.8, 4) is 0 Å². The van der Waals surface area contributed by atoms with Gasteiger partial charge in [0.1, 0.15) is 5.82 Å². The second-order valence-electron chi connectivity index (χ2n) is 7.09. The lowest BCUT2D eigenvalue weighted by Gasteiger charge is -2.33. The summed E-state index contributed by atoms with van der Waals surface area (Å²) in [5, 5.41) is 15.1. The molecule has 0 aromatic heterocycles. The van der Waals surface area contributed by atoms with Gasteiger partial charge < -0.3 is 15.4 Å². The summed E-state index contributed by atoms with van der Waals surface area (Å²) in [6, 6.07) is 10.8. The maximum Gasteiger partial charge on any atom is 0.213 e. The van der Waals surface area contributed by atoms with E-state index in [1.807, 2.05) is 0 Å². The highest BCUT2D eigenvalue weighted by Gasteiger charge is 2.29. The van der Waals surface area contributed by atoms with Gasteiger partial charge in [0.05, 0.1) is 9.37 Å². The minimum absolute atomic E-state index is 0.190. The van der Waals surface area contributed by atoms with E-state index in [4.69, 9.17) is 0 Å². The van der Waals surface area contributed by atoms with E-state index >= 15 is 0 Å². The fourth-order valence-corrected chi connectivity index (χ4v) is 4.35. The van der Waals surface area contributed by atoms with E-state index in [1.165, 1.54) is 18.2 Å². The number of hydrogen-bond donors (Lipinski definition) is 2. The van der Waals surface area contributed by atoms with Crippen LogP contribution in [-0.4, -0.2) is 44.6 Å². The minimum Gasteiger partial charge on any atom is -0.409 e. The van der Waals surface area contributed by atoms with E-state index in [0.29, 0.717) is 31.6 Å². The van der Waals surface area contributed by atoms with Gasteiger partial charge in [-0.1, -0.05) is 5.16 Å². The van der Waals surface area contributed by atoms with Crippen molar-refractivity contribution in [3.63, 3.8) is 0 Å². The third-order valence-corrected chi connectivity index (χ3v) is 6.75. The molecule has 30 heavy (non-hydrogen) atoms. The van der Waals surface area contributed by atoms with Crippen LogP contribution in [0.4, 0.5) is 15.8 Å². The lowest BCUT2D eigenvalue weighted by molar-refractivity contribution is -0.117. The standard InChI is InChI=1S/C20H21BrFN3O4S/c1-30(28,29)16-5-3-15(4-6-16)25-10-8-13(9-11-25)19(26)20(24-27)23-14-2-7-18(22)17(21)12-14/h2-7,12-13,27H,8-11H2,1H3,(H,23,24). The molecule has 2 N–H and O–H groups in total. The maximum absolute atomic E-state index is 13.4. The van der Waals surface area contributed by atoms with Gasteiger partial charge >= 0.3 is 0 Å². The van der Waals surface area contributed by atoms with Crippen LogP contribution < -0.4 is 10.2 Å². The van der Waals surface area contributed by atoms with Gasteiger partial charge in [-0.15, -0.1) is 0 Å². The molecule has 0 aliphatic carbocycles. The molecule has 0 radical (unpaired) electrons. The molecule has 0 bridgehead atoms. The number of nitrogens with one attached hydrogen (secondary N) is 1. The van der Waals surface area contributed by atoms with E-state index in [1.54, 1.807) is 24.3 Å². The Morgan fingerprint density at radius 2 is 1.83 bits per heavy atom. The number of piperidine rings is 1. The van der Waals surface area contributed by atoms with Crippen molar-refractivity contribution in [2.45, 2.75) is 17.7 Å². The van der Waals surface area contributed by atoms with Crippen LogP contribution >= 0.6 is 15.9 Å². The molecule has 1 saturated heterocycles. The summed E-state index contributed by atoms with van der Waals surface area (Å²) in [6.07, 6.45) is 2.28. The van der Waals surface area contributed by atoms with Crippen molar-refractivity contribution in [2.75, 3.05) is 29.6 Å². The highest BCUT2D eigenvalue weighted by Crippen LogP contribution is 2.26. The van der Waals surface area contributed by atoms with Crippen molar-refractivity contribution >= 4 is 48.8 Å². The van der Waals surface area contributed by atoms with Crippen molar-refractivity contribution in [2.24, 2.45) is 11.1 Å². The van der Waals surface area contributed by atoms with Crippen molar-refractivity contribution in [1.82, 2.24) is 0 Å². The van der Waals surface area contributed by atoms with Crippen molar-refractivity contribution < 1.29 is 22.8 Å². The average Bonchev–Trinajstić information content (AvgIpc) is 2.73. The summed E-state index contributed by atoms with van der Waals surface area (Å²) in [6.45, 7) is 1.21. The first kappa shape index (κ1) is 22.2. The van der Waals surface area contributed by atoms with Gasteiger partial charge in [-0.05, 0) is 71.2 Å². The molecule has 7 nitrogen and oxygen atoms in total.